The first-order chi connectivity index (χ1) is 12.7. The lowest BCUT2D eigenvalue weighted by molar-refractivity contribution is 0.0597. The molecule has 142 valence electrons. The van der Waals surface area contributed by atoms with Gasteiger partial charge in [-0.15, -0.1) is 0 Å². The predicted molar refractivity (Wildman–Crippen MR) is 110 cm³/mol. The van der Waals surface area contributed by atoms with Crippen molar-refractivity contribution in [3.63, 3.8) is 0 Å². The third-order valence-corrected chi connectivity index (χ3v) is 4.31. The van der Waals surface area contributed by atoms with Crippen LogP contribution in [0.3, 0.4) is 0 Å². The lowest BCUT2D eigenvalue weighted by Gasteiger charge is -2.28. The molecule has 7 nitrogen and oxygen atoms in total. The highest BCUT2D eigenvalue weighted by Crippen LogP contribution is 2.31. The molecule has 0 saturated carbocycles. The molecule has 1 aromatic carbocycles. The summed E-state index contributed by atoms with van der Waals surface area (Å²) in [5.41, 5.74) is 1.62. The molecule has 3 rings (SSSR count). The summed E-state index contributed by atoms with van der Waals surface area (Å²) >= 11 is 3.44. The second kappa shape index (κ2) is 7.19. The Labute approximate surface area is 166 Å². The Bertz CT molecular complexity index is 978. The van der Waals surface area contributed by atoms with Gasteiger partial charge in [0.25, 0.3) is 0 Å². The Morgan fingerprint density at radius 2 is 1.89 bits per heavy atom. The molecule has 8 heteroatoms. The number of ether oxygens (including phenoxy) is 1. The Balaban J connectivity index is 2.18. The van der Waals surface area contributed by atoms with Crippen molar-refractivity contribution in [2.75, 3.05) is 23.9 Å². The summed E-state index contributed by atoms with van der Waals surface area (Å²) in [6.07, 6.45) is 2.80. The second-order valence-electron chi connectivity index (χ2n) is 7.26. The van der Waals surface area contributed by atoms with Gasteiger partial charge in [-0.25, -0.2) is 14.7 Å². The van der Waals surface area contributed by atoms with Crippen LogP contribution in [0.15, 0.2) is 47.2 Å². The van der Waals surface area contributed by atoms with Gasteiger partial charge < -0.3 is 9.64 Å². The van der Waals surface area contributed by atoms with Gasteiger partial charge in [-0.2, -0.15) is 9.61 Å². The van der Waals surface area contributed by atoms with Gasteiger partial charge in [0.15, 0.2) is 5.65 Å². The molecular formula is C19H22BrN5O2. The highest BCUT2D eigenvalue weighted by molar-refractivity contribution is 9.10. The van der Waals surface area contributed by atoms with Gasteiger partial charge in [0.05, 0.1) is 16.4 Å². The zero-order valence-corrected chi connectivity index (χ0v) is 17.6. The number of anilines is 3. The van der Waals surface area contributed by atoms with Crippen molar-refractivity contribution in [2.45, 2.75) is 26.4 Å². The summed E-state index contributed by atoms with van der Waals surface area (Å²) in [5.74, 6) is 0.538. The Kier molecular flexibility index (Phi) is 5.10. The van der Waals surface area contributed by atoms with Crippen LogP contribution in [0.25, 0.3) is 5.65 Å². The van der Waals surface area contributed by atoms with Crippen LogP contribution in [0, 0.1) is 0 Å². The third kappa shape index (κ3) is 4.05. The molecule has 0 bridgehead atoms. The first kappa shape index (κ1) is 19.2. The summed E-state index contributed by atoms with van der Waals surface area (Å²) in [4.78, 5) is 20.9. The van der Waals surface area contributed by atoms with Gasteiger partial charge in [0, 0.05) is 32.0 Å². The SMILES string of the molecule is CN(C)c1cccc(N(C(=O)OC(C)(C)C)c2ccnc3c(Br)cnn23)c1. The summed E-state index contributed by atoms with van der Waals surface area (Å²) in [6.45, 7) is 5.52. The van der Waals surface area contributed by atoms with E-state index in [9.17, 15) is 4.79 Å². The molecule has 0 spiro atoms. The summed E-state index contributed by atoms with van der Waals surface area (Å²) in [5, 5.41) is 4.35. The predicted octanol–water partition coefficient (Wildman–Crippen LogP) is 4.63. The van der Waals surface area contributed by atoms with Crippen LogP contribution >= 0.6 is 15.9 Å². The van der Waals surface area contributed by atoms with E-state index in [1.807, 2.05) is 64.0 Å². The van der Waals surface area contributed by atoms with Gasteiger partial charge in [-0.05, 0) is 54.9 Å². The van der Waals surface area contributed by atoms with Gasteiger partial charge in [0.2, 0.25) is 0 Å². The van der Waals surface area contributed by atoms with E-state index in [1.54, 1.807) is 23.0 Å². The summed E-state index contributed by atoms with van der Waals surface area (Å²) < 4.78 is 8.02. The average Bonchev–Trinajstić information content (AvgIpc) is 2.96. The quantitative estimate of drug-likeness (QED) is 0.604. The minimum absolute atomic E-state index is 0.488. The minimum Gasteiger partial charge on any atom is -0.443 e. The van der Waals surface area contributed by atoms with Crippen LogP contribution in [0.5, 0.6) is 0 Å². The molecule has 0 saturated heterocycles. The molecule has 0 aliphatic rings. The lowest BCUT2D eigenvalue weighted by atomic mass is 10.2. The molecule has 0 radical (unpaired) electrons. The van der Waals surface area contributed by atoms with Crippen molar-refractivity contribution >= 4 is 44.9 Å². The van der Waals surface area contributed by atoms with Crippen molar-refractivity contribution in [1.29, 1.82) is 0 Å². The number of amides is 1. The van der Waals surface area contributed by atoms with Crippen molar-refractivity contribution in [2.24, 2.45) is 0 Å². The Morgan fingerprint density at radius 3 is 2.56 bits per heavy atom. The number of hydrogen-bond acceptors (Lipinski definition) is 5. The number of carbonyl (C=O) groups is 1. The molecule has 0 aliphatic carbocycles. The standard InChI is InChI=1S/C19H22BrN5O2/c1-19(2,3)27-18(26)24(14-8-6-7-13(11-14)23(4)5)16-9-10-21-17-15(20)12-22-25(16)17/h6-12H,1-5H3. The fraction of sp³-hybridized carbons (Fsp3) is 0.316. The third-order valence-electron chi connectivity index (χ3n) is 3.75. The van der Waals surface area contributed by atoms with E-state index in [1.165, 1.54) is 4.90 Å². The van der Waals surface area contributed by atoms with Crippen LogP contribution in [-0.2, 0) is 4.74 Å². The molecule has 0 N–H and O–H groups in total. The molecule has 1 amide bonds. The van der Waals surface area contributed by atoms with Gasteiger partial charge in [0.1, 0.15) is 11.4 Å². The molecule has 2 heterocycles. The molecule has 2 aromatic heterocycles. The van der Waals surface area contributed by atoms with Crippen molar-refractivity contribution in [1.82, 2.24) is 14.6 Å². The highest BCUT2D eigenvalue weighted by Gasteiger charge is 2.27. The first-order valence-electron chi connectivity index (χ1n) is 8.46. The maximum absolute atomic E-state index is 13.1. The lowest BCUT2D eigenvalue weighted by Crippen LogP contribution is -2.35. The number of halogens is 1. The van der Waals surface area contributed by atoms with Crippen molar-refractivity contribution in [3.8, 4) is 0 Å². The zero-order valence-electron chi connectivity index (χ0n) is 16.0. The number of benzene rings is 1. The minimum atomic E-state index is -0.634. The largest absolute Gasteiger partial charge is 0.443 e. The molecule has 0 aliphatic heterocycles. The van der Waals surface area contributed by atoms with Gasteiger partial charge in [-0.3, -0.25) is 0 Å². The van der Waals surface area contributed by atoms with E-state index in [-0.39, 0.29) is 0 Å². The smallest absolute Gasteiger partial charge is 0.420 e. The number of rotatable bonds is 3. The number of hydrogen-bond donors (Lipinski definition) is 0. The average molecular weight is 432 g/mol. The van der Waals surface area contributed by atoms with Crippen LogP contribution in [-0.4, -0.2) is 40.4 Å². The van der Waals surface area contributed by atoms with E-state index in [0.29, 0.717) is 17.2 Å². The Morgan fingerprint density at radius 1 is 1.19 bits per heavy atom. The molecule has 27 heavy (non-hydrogen) atoms. The number of fused-ring (bicyclic) bond motifs is 1. The highest BCUT2D eigenvalue weighted by atomic mass is 79.9. The maximum Gasteiger partial charge on any atom is 0.420 e. The Hall–Kier alpha value is -2.61. The first-order valence-corrected chi connectivity index (χ1v) is 9.25. The summed E-state index contributed by atoms with van der Waals surface area (Å²) in [6, 6.07) is 9.40. The van der Waals surface area contributed by atoms with Crippen LogP contribution in [0.1, 0.15) is 20.8 Å². The molecule has 3 aromatic rings. The number of carbonyl (C=O) groups excluding carboxylic acids is 1. The molecule has 0 fully saturated rings. The van der Waals surface area contributed by atoms with E-state index in [0.717, 1.165) is 10.2 Å². The van der Waals surface area contributed by atoms with Gasteiger partial charge in [-0.1, -0.05) is 6.07 Å². The number of aromatic nitrogens is 3. The van der Waals surface area contributed by atoms with Crippen LogP contribution in [0.4, 0.5) is 22.0 Å². The second-order valence-corrected chi connectivity index (χ2v) is 8.12. The van der Waals surface area contributed by atoms with Gasteiger partial charge >= 0.3 is 6.09 Å². The fourth-order valence-corrected chi connectivity index (χ4v) is 2.93. The molecule has 0 atom stereocenters. The van der Waals surface area contributed by atoms with Crippen LogP contribution in [0.2, 0.25) is 0 Å². The molecular weight excluding hydrogens is 410 g/mol. The normalized spacial score (nSPS) is 11.5. The van der Waals surface area contributed by atoms with E-state index >= 15 is 0 Å². The topological polar surface area (TPSA) is 63.0 Å². The molecule has 0 unspecified atom stereocenters. The van der Waals surface area contributed by atoms with E-state index in [2.05, 4.69) is 26.0 Å². The summed E-state index contributed by atoms with van der Waals surface area (Å²) in [7, 11) is 3.90. The number of nitrogens with zero attached hydrogens (tertiary/aromatic N) is 5. The van der Waals surface area contributed by atoms with Crippen molar-refractivity contribution < 1.29 is 9.53 Å². The fourth-order valence-electron chi connectivity index (χ4n) is 2.57. The maximum atomic E-state index is 13.1. The monoisotopic (exact) mass is 431 g/mol. The zero-order chi connectivity index (χ0) is 19.8. The van der Waals surface area contributed by atoms with Crippen LogP contribution < -0.4 is 9.80 Å². The van der Waals surface area contributed by atoms with E-state index < -0.39 is 11.7 Å². The van der Waals surface area contributed by atoms with Crippen molar-refractivity contribution in [3.05, 3.63) is 47.2 Å². The van der Waals surface area contributed by atoms with E-state index in [4.69, 9.17) is 4.74 Å².